The number of carbonyl (C=O) groups is 2. The summed E-state index contributed by atoms with van der Waals surface area (Å²) in [5.74, 6) is -0.370. The normalized spacial score (nSPS) is 21.4. The Kier molecular flexibility index (Phi) is 6.80. The van der Waals surface area contributed by atoms with Gasteiger partial charge in [0, 0.05) is 43.0 Å². The first kappa shape index (κ1) is 19.0. The smallest absolute Gasteiger partial charge is 0.321 e. The van der Waals surface area contributed by atoms with Crippen LogP contribution in [0.25, 0.3) is 0 Å². The number of aliphatic carboxylic acids is 1. The number of carboxylic acids is 1. The fourth-order valence-corrected chi connectivity index (χ4v) is 4.49. The van der Waals surface area contributed by atoms with Crippen LogP contribution in [-0.4, -0.2) is 53.6 Å². The monoisotopic (exact) mass is 378 g/mol. The van der Waals surface area contributed by atoms with Crippen LogP contribution in [0.1, 0.15) is 31.2 Å². The van der Waals surface area contributed by atoms with Gasteiger partial charge >= 0.3 is 12.0 Å². The molecule has 7 heteroatoms. The zero-order valence-corrected chi connectivity index (χ0v) is 15.7. The molecule has 0 spiro atoms. The predicted molar refractivity (Wildman–Crippen MR) is 103 cm³/mol. The quantitative estimate of drug-likeness (QED) is 0.821. The molecule has 0 saturated carbocycles. The van der Waals surface area contributed by atoms with E-state index < -0.39 is 11.9 Å². The van der Waals surface area contributed by atoms with Crippen LogP contribution >= 0.6 is 11.8 Å². The van der Waals surface area contributed by atoms with Crippen LogP contribution in [0.5, 0.6) is 0 Å². The molecule has 6 nitrogen and oxygen atoms in total. The van der Waals surface area contributed by atoms with Crippen molar-refractivity contribution >= 4 is 29.4 Å². The van der Waals surface area contributed by atoms with E-state index in [4.69, 9.17) is 9.84 Å². The number of nitrogens with zero attached hydrogens (tertiary/aromatic N) is 1. The summed E-state index contributed by atoms with van der Waals surface area (Å²) in [5, 5.41) is 12.7. The Labute approximate surface area is 158 Å². The number of carbonyl (C=O) groups excluding carboxylic acids is 1. The number of urea groups is 1. The number of nitrogens with one attached hydrogen (secondary N) is 1. The van der Waals surface area contributed by atoms with Crippen LogP contribution in [-0.2, 0) is 15.3 Å². The van der Waals surface area contributed by atoms with Gasteiger partial charge in [0.15, 0.2) is 0 Å². The van der Waals surface area contributed by atoms with Crippen molar-refractivity contribution in [2.75, 3.05) is 31.6 Å². The van der Waals surface area contributed by atoms with E-state index in [1.165, 1.54) is 5.56 Å². The maximum Gasteiger partial charge on any atom is 0.321 e. The molecule has 1 aromatic rings. The van der Waals surface area contributed by atoms with Gasteiger partial charge < -0.3 is 20.1 Å². The number of hydrogen-bond donors (Lipinski definition) is 2. The summed E-state index contributed by atoms with van der Waals surface area (Å²) in [5.41, 5.74) is 1.94. The van der Waals surface area contributed by atoms with Gasteiger partial charge in [0.05, 0.1) is 5.92 Å². The van der Waals surface area contributed by atoms with Crippen LogP contribution in [0.15, 0.2) is 24.3 Å². The topological polar surface area (TPSA) is 78.9 Å². The predicted octanol–water partition coefficient (Wildman–Crippen LogP) is 3.43. The average Bonchev–Trinajstić information content (AvgIpc) is 2.67. The van der Waals surface area contributed by atoms with Crippen molar-refractivity contribution < 1.29 is 19.4 Å². The van der Waals surface area contributed by atoms with Gasteiger partial charge in [-0.3, -0.25) is 4.79 Å². The molecule has 2 heterocycles. The number of carboxylic acid groups (broad SMARTS) is 1. The van der Waals surface area contributed by atoms with E-state index in [0.29, 0.717) is 18.2 Å². The number of likely N-dealkylation sites (tertiary alicyclic amines) is 1. The molecule has 142 valence electrons. The second-order valence-electron chi connectivity index (χ2n) is 6.88. The molecule has 2 fully saturated rings. The van der Waals surface area contributed by atoms with Crippen molar-refractivity contribution in [1.82, 2.24) is 4.90 Å². The number of rotatable bonds is 5. The standard InChI is InChI=1S/C19H26N2O4S/c22-18(23)15-4-2-8-21(12-15)19(24)20-16-5-1-3-14(11-16)13-26-17-6-9-25-10-7-17/h1,3,5,11,15,17H,2,4,6-10,12-13H2,(H,20,24)(H,22,23). The molecule has 2 N–H and O–H groups in total. The summed E-state index contributed by atoms with van der Waals surface area (Å²) in [6.45, 7) is 2.58. The van der Waals surface area contributed by atoms with E-state index in [0.717, 1.165) is 43.9 Å². The fraction of sp³-hybridized carbons (Fsp3) is 0.579. The van der Waals surface area contributed by atoms with Gasteiger partial charge in [0.1, 0.15) is 0 Å². The fourth-order valence-electron chi connectivity index (χ4n) is 3.36. The summed E-state index contributed by atoms with van der Waals surface area (Å²) >= 11 is 1.94. The lowest BCUT2D eigenvalue weighted by atomic mass is 9.99. The van der Waals surface area contributed by atoms with Gasteiger partial charge in [-0.15, -0.1) is 0 Å². The summed E-state index contributed by atoms with van der Waals surface area (Å²) in [6.07, 6.45) is 3.56. The van der Waals surface area contributed by atoms with E-state index in [1.54, 1.807) is 4.90 Å². The number of ether oxygens (including phenoxy) is 1. The van der Waals surface area contributed by atoms with E-state index in [1.807, 2.05) is 30.0 Å². The van der Waals surface area contributed by atoms with Crippen molar-refractivity contribution in [3.05, 3.63) is 29.8 Å². The molecule has 0 bridgehead atoms. The van der Waals surface area contributed by atoms with E-state index in [2.05, 4.69) is 11.4 Å². The third-order valence-corrected chi connectivity index (χ3v) is 6.33. The molecule has 2 aliphatic rings. The number of piperidine rings is 1. The van der Waals surface area contributed by atoms with Crippen LogP contribution in [0.2, 0.25) is 0 Å². The number of benzene rings is 1. The van der Waals surface area contributed by atoms with E-state index in [-0.39, 0.29) is 12.6 Å². The number of thioether (sulfide) groups is 1. The van der Waals surface area contributed by atoms with Crippen molar-refractivity contribution in [3.63, 3.8) is 0 Å². The number of amides is 2. The van der Waals surface area contributed by atoms with E-state index >= 15 is 0 Å². The average molecular weight is 378 g/mol. The highest BCUT2D eigenvalue weighted by Gasteiger charge is 2.28. The molecule has 0 radical (unpaired) electrons. The van der Waals surface area contributed by atoms with Gasteiger partial charge in [0.2, 0.25) is 0 Å². The number of anilines is 1. The minimum absolute atomic E-state index is 0.217. The maximum absolute atomic E-state index is 12.5. The Morgan fingerprint density at radius 1 is 1.27 bits per heavy atom. The summed E-state index contributed by atoms with van der Waals surface area (Å²) in [6, 6.07) is 7.68. The summed E-state index contributed by atoms with van der Waals surface area (Å²) < 4.78 is 5.39. The molecule has 1 unspecified atom stereocenters. The minimum Gasteiger partial charge on any atom is -0.481 e. The Hall–Kier alpha value is -1.73. The lowest BCUT2D eigenvalue weighted by Gasteiger charge is -2.30. The molecule has 1 aromatic carbocycles. The van der Waals surface area contributed by atoms with Gasteiger partial charge in [-0.1, -0.05) is 12.1 Å². The third kappa shape index (κ3) is 5.38. The molecule has 0 aliphatic carbocycles. The van der Waals surface area contributed by atoms with Gasteiger partial charge in [-0.2, -0.15) is 11.8 Å². The summed E-state index contributed by atoms with van der Waals surface area (Å²) in [4.78, 5) is 25.2. The maximum atomic E-state index is 12.5. The van der Waals surface area contributed by atoms with Gasteiger partial charge in [-0.25, -0.2) is 4.79 Å². The zero-order chi connectivity index (χ0) is 18.4. The molecule has 2 amide bonds. The highest BCUT2D eigenvalue weighted by molar-refractivity contribution is 7.99. The lowest BCUT2D eigenvalue weighted by Crippen LogP contribution is -2.44. The first-order chi connectivity index (χ1) is 12.6. The SMILES string of the molecule is O=C(O)C1CCCN(C(=O)Nc2cccc(CSC3CCOCC3)c2)C1. The molecule has 1 atom stereocenters. The molecular formula is C19H26N2O4S. The largest absolute Gasteiger partial charge is 0.481 e. The molecule has 3 rings (SSSR count). The van der Waals surface area contributed by atoms with Gasteiger partial charge in [0.25, 0.3) is 0 Å². The lowest BCUT2D eigenvalue weighted by molar-refractivity contribution is -0.143. The van der Waals surface area contributed by atoms with Crippen LogP contribution in [0, 0.1) is 5.92 Å². The third-order valence-electron chi connectivity index (χ3n) is 4.89. The Morgan fingerprint density at radius 2 is 2.08 bits per heavy atom. The van der Waals surface area contributed by atoms with Crippen molar-refractivity contribution in [2.45, 2.75) is 36.7 Å². The molecule has 2 saturated heterocycles. The van der Waals surface area contributed by atoms with Crippen LogP contribution in [0.3, 0.4) is 0 Å². The van der Waals surface area contributed by atoms with Crippen LogP contribution in [0.4, 0.5) is 10.5 Å². The highest BCUT2D eigenvalue weighted by atomic mass is 32.2. The second kappa shape index (κ2) is 9.28. The van der Waals surface area contributed by atoms with Crippen molar-refractivity contribution in [2.24, 2.45) is 5.92 Å². The Bertz CT molecular complexity index is 634. The highest BCUT2D eigenvalue weighted by Crippen LogP contribution is 2.26. The first-order valence-corrected chi connectivity index (χ1v) is 10.2. The van der Waals surface area contributed by atoms with Crippen molar-refractivity contribution in [1.29, 1.82) is 0 Å². The van der Waals surface area contributed by atoms with Gasteiger partial charge in [-0.05, 0) is 43.4 Å². The van der Waals surface area contributed by atoms with Crippen molar-refractivity contribution in [3.8, 4) is 0 Å². The molecule has 26 heavy (non-hydrogen) atoms. The minimum atomic E-state index is -0.824. The second-order valence-corrected chi connectivity index (χ2v) is 8.17. The molecule has 0 aromatic heterocycles. The zero-order valence-electron chi connectivity index (χ0n) is 14.9. The Morgan fingerprint density at radius 3 is 2.85 bits per heavy atom. The molecule has 2 aliphatic heterocycles. The first-order valence-electron chi connectivity index (χ1n) is 9.19. The Balaban J connectivity index is 1.52. The number of hydrogen-bond acceptors (Lipinski definition) is 4. The van der Waals surface area contributed by atoms with E-state index in [9.17, 15) is 9.59 Å². The van der Waals surface area contributed by atoms with Crippen LogP contribution < -0.4 is 5.32 Å². The molecular weight excluding hydrogens is 352 g/mol. The summed E-state index contributed by atoms with van der Waals surface area (Å²) in [7, 11) is 0.